The maximum atomic E-state index is 9.14. The highest BCUT2D eigenvalue weighted by Crippen LogP contribution is 2.13. The van der Waals surface area contributed by atoms with Gasteiger partial charge >= 0.3 is 0 Å². The van der Waals surface area contributed by atoms with Gasteiger partial charge < -0.3 is 14.4 Å². The summed E-state index contributed by atoms with van der Waals surface area (Å²) in [6.45, 7) is 4.68. The van der Waals surface area contributed by atoms with Crippen molar-refractivity contribution in [3.05, 3.63) is 18.2 Å². The molecule has 0 aromatic carbocycles. The number of aliphatic hydroxyl groups is 1. The summed E-state index contributed by atoms with van der Waals surface area (Å²) in [5.41, 5.74) is 1.19. The molecule has 1 fully saturated rings. The Hall–Kier alpha value is -0.910. The minimum Gasteiger partial charge on any atom is -0.394 e. The highest BCUT2D eigenvalue weighted by molar-refractivity contribution is 4.98. The molecule has 1 aromatic heterocycles. The maximum absolute atomic E-state index is 9.14. The van der Waals surface area contributed by atoms with Crippen molar-refractivity contribution in [2.45, 2.75) is 25.7 Å². The minimum absolute atomic E-state index is 0.0584. The Morgan fingerprint density at radius 1 is 1.56 bits per heavy atom. The molecule has 5 heteroatoms. The predicted octanol–water partition coefficient (Wildman–Crippen LogP) is 0.00170. The van der Waals surface area contributed by atoms with Gasteiger partial charge in [-0.3, -0.25) is 4.90 Å². The van der Waals surface area contributed by atoms with Crippen LogP contribution in [0.3, 0.4) is 0 Å². The van der Waals surface area contributed by atoms with Crippen LogP contribution in [0.2, 0.25) is 0 Å². The summed E-state index contributed by atoms with van der Waals surface area (Å²) in [7, 11) is 2.00. The zero-order chi connectivity index (χ0) is 11.5. The number of hydrogen-bond acceptors (Lipinski definition) is 4. The van der Waals surface area contributed by atoms with E-state index in [1.54, 1.807) is 0 Å². The van der Waals surface area contributed by atoms with Gasteiger partial charge in [0.1, 0.15) is 0 Å². The second kappa shape index (κ2) is 4.95. The fraction of sp³-hybridized carbons (Fsp3) is 0.727. The molecule has 0 amide bonds. The third-order valence-electron chi connectivity index (χ3n) is 2.91. The van der Waals surface area contributed by atoms with Gasteiger partial charge in [-0.1, -0.05) is 0 Å². The number of hydrogen-bond donors (Lipinski definition) is 1. The van der Waals surface area contributed by atoms with Gasteiger partial charge in [-0.2, -0.15) is 0 Å². The lowest BCUT2D eigenvalue weighted by Gasteiger charge is -2.35. The zero-order valence-electron chi connectivity index (χ0n) is 9.83. The van der Waals surface area contributed by atoms with E-state index in [1.807, 2.05) is 31.1 Å². The van der Waals surface area contributed by atoms with Crippen LogP contribution in [0, 0.1) is 0 Å². The van der Waals surface area contributed by atoms with Crippen molar-refractivity contribution < 1.29 is 9.84 Å². The number of imidazole rings is 1. The van der Waals surface area contributed by atoms with Crippen molar-refractivity contribution in [3.8, 4) is 0 Å². The number of morpholine rings is 1. The Bertz CT molecular complexity index is 340. The molecular formula is C11H19N3O2. The lowest BCUT2D eigenvalue weighted by atomic mass is 10.2. The molecule has 2 atom stereocenters. The molecule has 2 heterocycles. The quantitative estimate of drug-likeness (QED) is 0.787. The van der Waals surface area contributed by atoms with E-state index in [2.05, 4.69) is 9.88 Å². The van der Waals surface area contributed by atoms with Crippen molar-refractivity contribution in [2.75, 3.05) is 19.7 Å². The summed E-state index contributed by atoms with van der Waals surface area (Å²) in [6.07, 6.45) is 3.81. The Balaban J connectivity index is 1.96. The van der Waals surface area contributed by atoms with E-state index in [0.29, 0.717) is 0 Å². The lowest BCUT2D eigenvalue weighted by molar-refractivity contribution is -0.0976. The first kappa shape index (κ1) is 11.6. The second-order valence-electron chi connectivity index (χ2n) is 4.44. The Morgan fingerprint density at radius 3 is 3.00 bits per heavy atom. The molecule has 0 saturated carbocycles. The van der Waals surface area contributed by atoms with E-state index < -0.39 is 0 Å². The highest BCUT2D eigenvalue weighted by Gasteiger charge is 2.24. The Kier molecular flexibility index (Phi) is 3.58. The monoisotopic (exact) mass is 225 g/mol. The molecule has 0 radical (unpaired) electrons. The summed E-state index contributed by atoms with van der Waals surface area (Å²) in [5.74, 6) is 0. The number of aliphatic hydroxyl groups excluding tert-OH is 1. The van der Waals surface area contributed by atoms with Crippen molar-refractivity contribution in [1.29, 1.82) is 0 Å². The van der Waals surface area contributed by atoms with Crippen molar-refractivity contribution >= 4 is 0 Å². The molecule has 0 aliphatic carbocycles. The lowest BCUT2D eigenvalue weighted by Crippen LogP contribution is -2.47. The summed E-state index contributed by atoms with van der Waals surface area (Å²) in [4.78, 5) is 6.40. The molecule has 0 bridgehead atoms. The number of aryl methyl sites for hydroxylation is 1. The number of aromatic nitrogens is 2. The van der Waals surface area contributed by atoms with Crippen LogP contribution >= 0.6 is 0 Å². The van der Waals surface area contributed by atoms with Crippen LogP contribution in [0.4, 0.5) is 0 Å². The Morgan fingerprint density at radius 2 is 2.38 bits per heavy atom. The summed E-state index contributed by atoms with van der Waals surface area (Å²) < 4.78 is 7.62. The van der Waals surface area contributed by atoms with Crippen LogP contribution < -0.4 is 0 Å². The second-order valence-corrected chi connectivity index (χ2v) is 4.44. The molecule has 1 N–H and O–H groups in total. The third kappa shape index (κ3) is 2.61. The van der Waals surface area contributed by atoms with Crippen LogP contribution in [0.15, 0.2) is 12.5 Å². The fourth-order valence-corrected chi connectivity index (χ4v) is 2.14. The average molecular weight is 225 g/mol. The maximum Gasteiger partial charge on any atom is 0.0945 e. The largest absolute Gasteiger partial charge is 0.394 e. The van der Waals surface area contributed by atoms with Gasteiger partial charge in [0.25, 0.3) is 0 Å². The number of ether oxygens (including phenoxy) is 1. The van der Waals surface area contributed by atoms with Crippen LogP contribution in [0.5, 0.6) is 0 Å². The highest BCUT2D eigenvalue weighted by atomic mass is 16.5. The van der Waals surface area contributed by atoms with E-state index in [0.717, 1.165) is 19.6 Å². The smallest absolute Gasteiger partial charge is 0.0945 e. The van der Waals surface area contributed by atoms with Gasteiger partial charge in [0.2, 0.25) is 0 Å². The molecule has 16 heavy (non-hydrogen) atoms. The van der Waals surface area contributed by atoms with Gasteiger partial charge in [0.15, 0.2) is 0 Å². The summed E-state index contributed by atoms with van der Waals surface area (Å²) in [5, 5.41) is 9.14. The molecule has 5 nitrogen and oxygen atoms in total. The van der Waals surface area contributed by atoms with E-state index >= 15 is 0 Å². The molecule has 2 rings (SSSR count). The van der Waals surface area contributed by atoms with E-state index in [-0.39, 0.29) is 18.8 Å². The number of nitrogens with zero attached hydrogens (tertiary/aromatic N) is 3. The Labute approximate surface area is 95.7 Å². The minimum atomic E-state index is -0.0584. The first-order valence-electron chi connectivity index (χ1n) is 5.63. The predicted molar refractivity (Wildman–Crippen MR) is 59.9 cm³/mol. The van der Waals surface area contributed by atoms with Crippen LogP contribution in [-0.4, -0.2) is 51.5 Å². The SMILES string of the molecule is CC1CN(Cc2cncn2C)CC(CO)O1. The van der Waals surface area contributed by atoms with Crippen LogP contribution in [0.1, 0.15) is 12.6 Å². The topological polar surface area (TPSA) is 50.5 Å². The molecule has 1 saturated heterocycles. The average Bonchev–Trinajstić information content (AvgIpc) is 2.63. The molecule has 90 valence electrons. The van der Waals surface area contributed by atoms with Crippen LogP contribution in [0.25, 0.3) is 0 Å². The molecule has 0 spiro atoms. The van der Waals surface area contributed by atoms with E-state index in [1.165, 1.54) is 5.69 Å². The summed E-state index contributed by atoms with van der Waals surface area (Å²) >= 11 is 0. The number of rotatable bonds is 3. The third-order valence-corrected chi connectivity index (χ3v) is 2.91. The van der Waals surface area contributed by atoms with E-state index in [9.17, 15) is 0 Å². The van der Waals surface area contributed by atoms with Crippen LogP contribution in [-0.2, 0) is 18.3 Å². The van der Waals surface area contributed by atoms with Gasteiger partial charge in [-0.15, -0.1) is 0 Å². The standard InChI is InChI=1S/C11H19N3O2/c1-9-4-14(6-11(7-15)16-9)5-10-3-12-8-13(10)2/h3,8-9,11,15H,4-7H2,1-2H3. The molecule has 1 aliphatic heterocycles. The van der Waals surface area contributed by atoms with E-state index in [4.69, 9.17) is 9.84 Å². The van der Waals surface area contributed by atoms with Gasteiger partial charge in [0.05, 0.1) is 30.8 Å². The molecular weight excluding hydrogens is 206 g/mol. The molecule has 1 aliphatic rings. The fourth-order valence-electron chi connectivity index (χ4n) is 2.14. The molecule has 2 unspecified atom stereocenters. The normalized spacial score (nSPS) is 27.2. The first-order valence-corrected chi connectivity index (χ1v) is 5.63. The zero-order valence-corrected chi connectivity index (χ0v) is 9.83. The van der Waals surface area contributed by atoms with Crippen molar-refractivity contribution in [2.24, 2.45) is 7.05 Å². The van der Waals surface area contributed by atoms with Crippen molar-refractivity contribution in [1.82, 2.24) is 14.5 Å². The molecule has 1 aromatic rings. The van der Waals surface area contributed by atoms with Gasteiger partial charge in [-0.25, -0.2) is 4.98 Å². The van der Waals surface area contributed by atoms with Gasteiger partial charge in [-0.05, 0) is 6.92 Å². The summed E-state index contributed by atoms with van der Waals surface area (Å²) in [6, 6.07) is 0. The van der Waals surface area contributed by atoms with Crippen molar-refractivity contribution in [3.63, 3.8) is 0 Å². The van der Waals surface area contributed by atoms with Gasteiger partial charge in [0, 0.05) is 32.9 Å². The first-order chi connectivity index (χ1) is 7.69.